The Balaban J connectivity index is 1.57. The van der Waals surface area contributed by atoms with Crippen LogP contribution in [-0.2, 0) is 0 Å². The van der Waals surface area contributed by atoms with Crippen LogP contribution < -0.4 is 10.6 Å². The molecule has 136 valence electrons. The first-order valence-corrected chi connectivity index (χ1v) is 9.22. The first kappa shape index (κ1) is 16.7. The van der Waals surface area contributed by atoms with Gasteiger partial charge in [-0.1, -0.05) is 18.2 Å². The highest BCUT2D eigenvalue weighted by atomic mass is 15.4. The number of anilines is 2. The second kappa shape index (κ2) is 6.52. The lowest BCUT2D eigenvalue weighted by Gasteiger charge is -2.33. The van der Waals surface area contributed by atoms with Gasteiger partial charge in [0.05, 0.1) is 17.1 Å². The highest BCUT2D eigenvalue weighted by molar-refractivity contribution is 5.51. The van der Waals surface area contributed by atoms with Gasteiger partial charge in [0.2, 0.25) is 0 Å². The van der Waals surface area contributed by atoms with Crippen molar-refractivity contribution in [2.24, 2.45) is 0 Å². The van der Waals surface area contributed by atoms with E-state index in [1.807, 2.05) is 0 Å². The van der Waals surface area contributed by atoms with Crippen LogP contribution >= 0.6 is 0 Å². The predicted molar refractivity (Wildman–Crippen MR) is 105 cm³/mol. The van der Waals surface area contributed by atoms with E-state index < -0.39 is 0 Å². The van der Waals surface area contributed by atoms with Crippen molar-refractivity contribution in [1.82, 2.24) is 19.7 Å². The number of benzene rings is 1. The fourth-order valence-electron chi connectivity index (χ4n) is 3.97. The molecule has 1 fully saturated rings. The Morgan fingerprint density at radius 1 is 1.12 bits per heavy atom. The molecule has 1 aliphatic rings. The van der Waals surface area contributed by atoms with Crippen LogP contribution in [0.4, 0.5) is 11.8 Å². The van der Waals surface area contributed by atoms with E-state index in [-0.39, 0.29) is 0 Å². The lowest BCUT2D eigenvalue weighted by atomic mass is 9.92. The van der Waals surface area contributed by atoms with Gasteiger partial charge in [0.1, 0.15) is 5.82 Å². The fraction of sp³-hybridized carbons (Fsp3) is 0.400. The number of aromatic nitrogens is 4. The van der Waals surface area contributed by atoms with E-state index in [2.05, 4.69) is 70.7 Å². The Morgan fingerprint density at radius 3 is 2.50 bits per heavy atom. The SMILES string of the molecule is Cc1cc(N2CCC(c3nc(N)[nH]c3C)CC2)n(-c2ccccc2C)n1. The third-order valence-electron chi connectivity index (χ3n) is 5.30. The van der Waals surface area contributed by atoms with Crippen molar-refractivity contribution in [3.05, 3.63) is 53.0 Å². The Kier molecular flexibility index (Phi) is 4.18. The first-order chi connectivity index (χ1) is 12.5. The summed E-state index contributed by atoms with van der Waals surface area (Å²) in [4.78, 5) is 10.1. The van der Waals surface area contributed by atoms with Crippen molar-refractivity contribution in [3.8, 4) is 5.69 Å². The number of hydrogen-bond donors (Lipinski definition) is 2. The molecular weight excluding hydrogens is 324 g/mol. The molecule has 6 nitrogen and oxygen atoms in total. The van der Waals surface area contributed by atoms with Gasteiger partial charge in [-0.25, -0.2) is 9.67 Å². The topological polar surface area (TPSA) is 75.8 Å². The molecule has 4 rings (SSSR count). The lowest BCUT2D eigenvalue weighted by Crippen LogP contribution is -2.34. The molecule has 1 aromatic carbocycles. The predicted octanol–water partition coefficient (Wildman–Crippen LogP) is 3.49. The summed E-state index contributed by atoms with van der Waals surface area (Å²) >= 11 is 0. The molecule has 0 radical (unpaired) electrons. The first-order valence-electron chi connectivity index (χ1n) is 9.22. The maximum atomic E-state index is 5.82. The van der Waals surface area contributed by atoms with Crippen molar-refractivity contribution < 1.29 is 0 Å². The molecule has 0 bridgehead atoms. The Morgan fingerprint density at radius 2 is 1.85 bits per heavy atom. The number of aryl methyl sites for hydroxylation is 3. The minimum atomic E-state index is 0.468. The molecule has 1 saturated heterocycles. The molecule has 3 aromatic rings. The van der Waals surface area contributed by atoms with Crippen LogP contribution in [0.5, 0.6) is 0 Å². The molecule has 0 amide bonds. The van der Waals surface area contributed by atoms with Gasteiger partial charge < -0.3 is 15.6 Å². The molecular formula is C20H26N6. The van der Waals surface area contributed by atoms with Crippen molar-refractivity contribution >= 4 is 11.8 Å². The fourth-order valence-corrected chi connectivity index (χ4v) is 3.97. The number of nitrogens with two attached hydrogens (primary N) is 1. The summed E-state index contributed by atoms with van der Waals surface area (Å²) < 4.78 is 2.09. The van der Waals surface area contributed by atoms with Crippen LogP contribution in [0.2, 0.25) is 0 Å². The maximum Gasteiger partial charge on any atom is 0.197 e. The van der Waals surface area contributed by atoms with E-state index in [1.54, 1.807) is 0 Å². The average molecular weight is 350 g/mol. The van der Waals surface area contributed by atoms with Crippen LogP contribution in [0, 0.1) is 20.8 Å². The molecule has 0 aliphatic carbocycles. The molecule has 3 heterocycles. The van der Waals surface area contributed by atoms with Crippen LogP contribution in [0.3, 0.4) is 0 Å². The zero-order chi connectivity index (χ0) is 18.3. The molecule has 0 saturated carbocycles. The minimum absolute atomic E-state index is 0.468. The van der Waals surface area contributed by atoms with E-state index in [4.69, 9.17) is 10.8 Å². The second-order valence-corrected chi connectivity index (χ2v) is 7.24. The number of imidazole rings is 1. The molecule has 1 aliphatic heterocycles. The van der Waals surface area contributed by atoms with Crippen molar-refractivity contribution in [3.63, 3.8) is 0 Å². The number of para-hydroxylation sites is 1. The number of rotatable bonds is 3. The highest BCUT2D eigenvalue weighted by Gasteiger charge is 2.26. The van der Waals surface area contributed by atoms with E-state index in [0.29, 0.717) is 11.9 Å². The second-order valence-electron chi connectivity index (χ2n) is 7.24. The lowest BCUT2D eigenvalue weighted by molar-refractivity contribution is 0.490. The molecule has 6 heteroatoms. The number of nitrogens with one attached hydrogen (secondary N) is 1. The number of nitrogens with zero attached hydrogens (tertiary/aromatic N) is 4. The number of nitrogen functional groups attached to an aromatic ring is 1. The van der Waals surface area contributed by atoms with Crippen LogP contribution in [0.1, 0.15) is 41.4 Å². The van der Waals surface area contributed by atoms with E-state index in [1.165, 1.54) is 11.4 Å². The summed E-state index contributed by atoms with van der Waals surface area (Å²) in [6.07, 6.45) is 2.15. The normalized spacial score (nSPS) is 15.6. The van der Waals surface area contributed by atoms with Gasteiger partial charge in [0.25, 0.3) is 0 Å². The van der Waals surface area contributed by atoms with Gasteiger partial charge in [-0.2, -0.15) is 5.10 Å². The summed E-state index contributed by atoms with van der Waals surface area (Å²) in [7, 11) is 0. The number of aromatic amines is 1. The standard InChI is InChI=1S/C20H26N6/c1-13-6-4-5-7-17(13)26-18(12-14(2)24-26)25-10-8-16(9-11-25)19-15(3)22-20(21)23-19/h4-7,12,16H,8-11H2,1-3H3,(H3,21,22,23). The molecule has 3 N–H and O–H groups in total. The average Bonchev–Trinajstić information content (AvgIpc) is 3.17. The van der Waals surface area contributed by atoms with Gasteiger partial charge in [-0.15, -0.1) is 0 Å². The summed E-state index contributed by atoms with van der Waals surface area (Å²) in [5.74, 6) is 2.16. The monoisotopic (exact) mass is 350 g/mol. The number of H-pyrrole nitrogens is 1. The molecule has 2 aromatic heterocycles. The van der Waals surface area contributed by atoms with Gasteiger partial charge in [0.15, 0.2) is 5.95 Å². The van der Waals surface area contributed by atoms with Crippen LogP contribution in [-0.4, -0.2) is 32.8 Å². The smallest absolute Gasteiger partial charge is 0.197 e. The van der Waals surface area contributed by atoms with E-state index in [0.717, 1.165) is 48.7 Å². The molecule has 0 unspecified atom stereocenters. The summed E-state index contributed by atoms with van der Waals surface area (Å²) in [5, 5.41) is 4.75. The molecule has 0 atom stereocenters. The largest absolute Gasteiger partial charge is 0.369 e. The summed E-state index contributed by atoms with van der Waals surface area (Å²) in [5.41, 5.74) is 11.5. The van der Waals surface area contributed by atoms with E-state index in [9.17, 15) is 0 Å². The van der Waals surface area contributed by atoms with Gasteiger partial charge in [0, 0.05) is 30.8 Å². The number of piperidine rings is 1. The van der Waals surface area contributed by atoms with Crippen LogP contribution in [0.25, 0.3) is 5.69 Å². The quantitative estimate of drug-likeness (QED) is 0.758. The molecule has 0 spiro atoms. The Labute approximate surface area is 154 Å². The number of hydrogen-bond acceptors (Lipinski definition) is 4. The minimum Gasteiger partial charge on any atom is -0.369 e. The van der Waals surface area contributed by atoms with Gasteiger partial charge in [-0.3, -0.25) is 0 Å². The third-order valence-corrected chi connectivity index (χ3v) is 5.30. The Bertz CT molecular complexity index is 914. The maximum absolute atomic E-state index is 5.82. The van der Waals surface area contributed by atoms with Crippen molar-refractivity contribution in [2.45, 2.75) is 39.5 Å². The highest BCUT2D eigenvalue weighted by Crippen LogP contribution is 2.32. The third kappa shape index (κ3) is 2.96. The van der Waals surface area contributed by atoms with Gasteiger partial charge >= 0.3 is 0 Å². The van der Waals surface area contributed by atoms with Gasteiger partial charge in [-0.05, 0) is 45.2 Å². The zero-order valence-corrected chi connectivity index (χ0v) is 15.7. The Hall–Kier alpha value is -2.76. The van der Waals surface area contributed by atoms with E-state index >= 15 is 0 Å². The molecule has 26 heavy (non-hydrogen) atoms. The summed E-state index contributed by atoms with van der Waals surface area (Å²) in [6, 6.07) is 10.6. The van der Waals surface area contributed by atoms with Crippen molar-refractivity contribution in [2.75, 3.05) is 23.7 Å². The van der Waals surface area contributed by atoms with Crippen LogP contribution in [0.15, 0.2) is 30.3 Å². The summed E-state index contributed by atoms with van der Waals surface area (Å²) in [6.45, 7) is 8.23. The van der Waals surface area contributed by atoms with Crippen molar-refractivity contribution in [1.29, 1.82) is 0 Å². The zero-order valence-electron chi connectivity index (χ0n) is 15.7.